The number of rotatable bonds is 5. The summed E-state index contributed by atoms with van der Waals surface area (Å²) in [5.41, 5.74) is 1.84. The zero-order valence-electron chi connectivity index (χ0n) is 15.2. The maximum absolute atomic E-state index is 12.6. The fraction of sp³-hybridized carbons (Fsp3) is 0.333. The maximum Gasteiger partial charge on any atom is 0.337 e. The summed E-state index contributed by atoms with van der Waals surface area (Å²) >= 11 is 0. The van der Waals surface area contributed by atoms with Gasteiger partial charge in [0.25, 0.3) is 0 Å². The molecule has 1 aromatic carbocycles. The smallest absolute Gasteiger partial charge is 0.337 e. The Morgan fingerprint density at radius 3 is 2.00 bits per heavy atom. The number of amides is 1. The van der Waals surface area contributed by atoms with Gasteiger partial charge in [-0.25, -0.2) is 9.59 Å². The second kappa shape index (κ2) is 7.81. The highest BCUT2D eigenvalue weighted by Gasteiger charge is 2.24. The molecule has 8 heteroatoms. The fourth-order valence-electron chi connectivity index (χ4n) is 2.66. The molecule has 2 aromatic rings. The molecule has 0 aliphatic carbocycles. The quantitative estimate of drug-likeness (QED) is 0.817. The number of carbonyl (C=O) groups excluding carboxylic acids is 3. The molecule has 0 aliphatic heterocycles. The van der Waals surface area contributed by atoms with Gasteiger partial charge in [0, 0.05) is 11.3 Å². The molecule has 1 aromatic heterocycles. The van der Waals surface area contributed by atoms with Gasteiger partial charge < -0.3 is 19.3 Å². The molecule has 1 amide bonds. The van der Waals surface area contributed by atoms with Crippen LogP contribution in [0.25, 0.3) is 0 Å². The number of hydrogen-bond acceptors (Lipinski definition) is 7. The highest BCUT2D eigenvalue weighted by Crippen LogP contribution is 2.25. The molecule has 0 saturated carbocycles. The van der Waals surface area contributed by atoms with E-state index < -0.39 is 17.9 Å². The minimum Gasteiger partial charge on any atom is -0.465 e. The van der Waals surface area contributed by atoms with Crippen molar-refractivity contribution in [2.75, 3.05) is 19.5 Å². The van der Waals surface area contributed by atoms with Gasteiger partial charge in [-0.3, -0.25) is 4.79 Å². The number of benzene rings is 1. The molecule has 26 heavy (non-hydrogen) atoms. The summed E-state index contributed by atoms with van der Waals surface area (Å²) in [5.74, 6) is -1.58. The average Bonchev–Trinajstić information content (AvgIpc) is 2.97. The topological polar surface area (TPSA) is 108 Å². The van der Waals surface area contributed by atoms with E-state index in [0.717, 1.165) is 0 Å². The van der Waals surface area contributed by atoms with Crippen molar-refractivity contribution < 1.29 is 28.4 Å². The molecule has 1 heterocycles. The monoisotopic (exact) mass is 360 g/mol. The molecular weight excluding hydrogens is 340 g/mol. The maximum atomic E-state index is 12.6. The Kier molecular flexibility index (Phi) is 5.76. The molecule has 1 N–H and O–H groups in total. The van der Waals surface area contributed by atoms with Crippen LogP contribution in [0.3, 0.4) is 0 Å². The first-order chi connectivity index (χ1) is 12.3. The van der Waals surface area contributed by atoms with Crippen LogP contribution in [-0.2, 0) is 14.3 Å². The van der Waals surface area contributed by atoms with Gasteiger partial charge in [0.15, 0.2) is 0 Å². The summed E-state index contributed by atoms with van der Waals surface area (Å²) in [6.07, 6.45) is 0. The van der Waals surface area contributed by atoms with Crippen LogP contribution in [0.15, 0.2) is 22.7 Å². The van der Waals surface area contributed by atoms with Crippen LogP contribution in [0, 0.1) is 13.8 Å². The number of anilines is 1. The van der Waals surface area contributed by atoms with Gasteiger partial charge in [0.2, 0.25) is 5.91 Å². The Balaban J connectivity index is 2.34. The molecule has 0 fully saturated rings. The largest absolute Gasteiger partial charge is 0.465 e. The van der Waals surface area contributed by atoms with Crippen molar-refractivity contribution in [2.45, 2.75) is 26.7 Å². The number of esters is 2. The zero-order valence-corrected chi connectivity index (χ0v) is 15.2. The highest BCUT2D eigenvalue weighted by atomic mass is 16.5. The van der Waals surface area contributed by atoms with E-state index in [1.54, 1.807) is 20.8 Å². The Bertz CT molecular complexity index is 802. The molecule has 0 saturated heterocycles. The van der Waals surface area contributed by atoms with E-state index in [-0.39, 0.29) is 22.7 Å². The van der Waals surface area contributed by atoms with Crippen LogP contribution >= 0.6 is 0 Å². The van der Waals surface area contributed by atoms with Crippen LogP contribution in [0.1, 0.15) is 50.6 Å². The number of hydrogen-bond donors (Lipinski definition) is 1. The number of aryl methyl sites for hydroxylation is 2. The van der Waals surface area contributed by atoms with E-state index in [0.29, 0.717) is 17.0 Å². The number of nitrogens with one attached hydrogen (secondary N) is 1. The van der Waals surface area contributed by atoms with Crippen LogP contribution in [0.5, 0.6) is 0 Å². The molecule has 0 spiro atoms. The second-order valence-electron chi connectivity index (χ2n) is 5.73. The number of carbonyl (C=O) groups is 3. The third-order valence-corrected chi connectivity index (χ3v) is 3.96. The lowest BCUT2D eigenvalue weighted by molar-refractivity contribution is -0.117. The molecule has 138 valence electrons. The number of aromatic nitrogens is 1. The third-order valence-electron chi connectivity index (χ3n) is 3.96. The van der Waals surface area contributed by atoms with Crippen LogP contribution in [0.2, 0.25) is 0 Å². The lowest BCUT2D eigenvalue weighted by Gasteiger charge is -2.13. The molecule has 0 aliphatic rings. The molecule has 8 nitrogen and oxygen atoms in total. The standard InChI is InChI=1S/C18H20N2O6/c1-9(15-10(2)20-26-11(15)3)16(21)19-14-7-12(17(22)24-4)6-13(8-14)18(23)25-5/h6-9H,1-5H3,(H,19,21). The molecule has 0 bridgehead atoms. The van der Waals surface area contributed by atoms with Crippen LogP contribution < -0.4 is 5.32 Å². The molecule has 1 unspecified atom stereocenters. The second-order valence-corrected chi connectivity index (χ2v) is 5.73. The first-order valence-electron chi connectivity index (χ1n) is 7.83. The van der Waals surface area contributed by atoms with Gasteiger partial charge in [-0.15, -0.1) is 0 Å². The molecule has 2 rings (SSSR count). The van der Waals surface area contributed by atoms with E-state index in [4.69, 9.17) is 4.52 Å². The summed E-state index contributed by atoms with van der Waals surface area (Å²) in [5, 5.41) is 6.55. The van der Waals surface area contributed by atoms with Crippen molar-refractivity contribution in [3.8, 4) is 0 Å². The van der Waals surface area contributed by atoms with Gasteiger partial charge in [0.1, 0.15) is 5.76 Å². The number of ether oxygens (including phenoxy) is 2. The minimum atomic E-state index is -0.634. The third kappa shape index (κ3) is 3.90. The predicted molar refractivity (Wildman–Crippen MR) is 92.1 cm³/mol. The predicted octanol–water partition coefficient (Wildman–Crippen LogP) is 2.61. The molecule has 0 radical (unpaired) electrons. The molecule has 1 atom stereocenters. The van der Waals surface area contributed by atoms with Gasteiger partial charge >= 0.3 is 11.9 Å². The van der Waals surface area contributed by atoms with Crippen molar-refractivity contribution in [1.29, 1.82) is 0 Å². The van der Waals surface area contributed by atoms with E-state index in [1.165, 1.54) is 32.4 Å². The summed E-state index contributed by atoms with van der Waals surface area (Å²) in [4.78, 5) is 36.2. The van der Waals surface area contributed by atoms with Crippen molar-refractivity contribution in [3.63, 3.8) is 0 Å². The summed E-state index contributed by atoms with van der Waals surface area (Å²) in [6.45, 7) is 5.20. The van der Waals surface area contributed by atoms with Gasteiger partial charge in [-0.1, -0.05) is 5.16 Å². The zero-order chi connectivity index (χ0) is 19.4. The lowest BCUT2D eigenvalue weighted by atomic mass is 9.98. The van der Waals surface area contributed by atoms with E-state index >= 15 is 0 Å². The van der Waals surface area contributed by atoms with E-state index in [1.807, 2.05) is 0 Å². The van der Waals surface area contributed by atoms with E-state index in [2.05, 4.69) is 19.9 Å². The van der Waals surface area contributed by atoms with Gasteiger partial charge in [-0.05, 0) is 39.0 Å². The fourth-order valence-corrected chi connectivity index (χ4v) is 2.66. The Hall–Kier alpha value is -3.16. The first kappa shape index (κ1) is 19.2. The van der Waals surface area contributed by atoms with Crippen molar-refractivity contribution in [1.82, 2.24) is 5.16 Å². The van der Waals surface area contributed by atoms with Gasteiger partial charge in [0.05, 0.1) is 37.0 Å². The minimum absolute atomic E-state index is 0.121. The van der Waals surface area contributed by atoms with Gasteiger partial charge in [-0.2, -0.15) is 0 Å². The van der Waals surface area contributed by atoms with Crippen LogP contribution in [0.4, 0.5) is 5.69 Å². The van der Waals surface area contributed by atoms with Crippen LogP contribution in [-0.4, -0.2) is 37.2 Å². The van der Waals surface area contributed by atoms with Crippen molar-refractivity contribution in [3.05, 3.63) is 46.3 Å². The first-order valence-corrected chi connectivity index (χ1v) is 7.83. The summed E-state index contributed by atoms with van der Waals surface area (Å²) in [6, 6.07) is 4.19. The lowest BCUT2D eigenvalue weighted by Crippen LogP contribution is -2.20. The Morgan fingerprint density at radius 2 is 1.58 bits per heavy atom. The summed E-state index contributed by atoms with van der Waals surface area (Å²) in [7, 11) is 2.45. The number of methoxy groups -OCH3 is 2. The highest BCUT2D eigenvalue weighted by molar-refractivity contribution is 6.01. The molecular formula is C18H20N2O6. The normalized spacial score (nSPS) is 11.6. The Labute approximate surface area is 150 Å². The van der Waals surface area contributed by atoms with Crippen molar-refractivity contribution >= 4 is 23.5 Å². The van der Waals surface area contributed by atoms with E-state index in [9.17, 15) is 14.4 Å². The Morgan fingerprint density at radius 1 is 1.04 bits per heavy atom. The summed E-state index contributed by atoms with van der Waals surface area (Å²) < 4.78 is 14.5. The SMILES string of the molecule is COC(=O)c1cc(NC(=O)C(C)c2c(C)noc2C)cc(C(=O)OC)c1. The average molecular weight is 360 g/mol. The number of nitrogens with zero attached hydrogens (tertiary/aromatic N) is 1. The van der Waals surface area contributed by atoms with Crippen molar-refractivity contribution in [2.24, 2.45) is 0 Å².